The molecule has 0 fully saturated rings. The highest BCUT2D eigenvalue weighted by molar-refractivity contribution is 9.13. The van der Waals surface area contributed by atoms with E-state index in [2.05, 4.69) is 31.9 Å². The maximum atomic E-state index is 13.3. The van der Waals surface area contributed by atoms with Crippen molar-refractivity contribution in [2.24, 2.45) is 0 Å². The SMILES string of the molecule is Fc1cccc(-c2ccc(Br)c(Br)c2)c1Cl. The first-order valence-corrected chi connectivity index (χ1v) is 6.45. The monoisotopic (exact) mass is 362 g/mol. The highest BCUT2D eigenvalue weighted by Gasteiger charge is 2.08. The number of hydrogen-bond donors (Lipinski definition) is 0. The molecule has 0 amide bonds. The van der Waals surface area contributed by atoms with Crippen LogP contribution in [0, 0.1) is 5.82 Å². The Morgan fingerprint density at radius 1 is 1.00 bits per heavy atom. The first-order chi connectivity index (χ1) is 7.59. The molecule has 16 heavy (non-hydrogen) atoms. The summed E-state index contributed by atoms with van der Waals surface area (Å²) in [5, 5.41) is 0.150. The molecule has 0 nitrogen and oxygen atoms in total. The molecule has 0 aromatic heterocycles. The zero-order valence-corrected chi connectivity index (χ0v) is 11.9. The molecular formula is C12H6Br2ClF. The van der Waals surface area contributed by atoms with Crippen molar-refractivity contribution in [3.8, 4) is 11.1 Å². The molecule has 0 aliphatic carbocycles. The van der Waals surface area contributed by atoms with E-state index in [1.54, 1.807) is 12.1 Å². The van der Waals surface area contributed by atoms with Crippen molar-refractivity contribution >= 4 is 43.5 Å². The van der Waals surface area contributed by atoms with Crippen LogP contribution in [0.15, 0.2) is 45.3 Å². The average molecular weight is 364 g/mol. The van der Waals surface area contributed by atoms with E-state index >= 15 is 0 Å². The van der Waals surface area contributed by atoms with Gasteiger partial charge in [0.15, 0.2) is 0 Å². The molecule has 4 heteroatoms. The lowest BCUT2D eigenvalue weighted by molar-refractivity contribution is 0.629. The number of hydrogen-bond acceptors (Lipinski definition) is 0. The van der Waals surface area contributed by atoms with Gasteiger partial charge < -0.3 is 0 Å². The highest BCUT2D eigenvalue weighted by atomic mass is 79.9. The van der Waals surface area contributed by atoms with E-state index in [0.29, 0.717) is 5.56 Å². The van der Waals surface area contributed by atoms with Gasteiger partial charge in [0.25, 0.3) is 0 Å². The van der Waals surface area contributed by atoms with Crippen LogP contribution in [0.2, 0.25) is 5.02 Å². The Kier molecular flexibility index (Phi) is 3.67. The molecule has 0 heterocycles. The van der Waals surface area contributed by atoms with Gasteiger partial charge in [-0.3, -0.25) is 0 Å². The first-order valence-electron chi connectivity index (χ1n) is 4.49. The number of rotatable bonds is 1. The second-order valence-corrected chi connectivity index (χ2v) is 5.32. The van der Waals surface area contributed by atoms with Gasteiger partial charge in [0.2, 0.25) is 0 Å². The molecule has 0 saturated heterocycles. The van der Waals surface area contributed by atoms with Gasteiger partial charge in [-0.05, 0) is 55.6 Å². The maximum absolute atomic E-state index is 13.3. The lowest BCUT2D eigenvalue weighted by atomic mass is 10.1. The number of benzene rings is 2. The van der Waals surface area contributed by atoms with Gasteiger partial charge in [0, 0.05) is 14.5 Å². The molecule has 82 valence electrons. The van der Waals surface area contributed by atoms with Gasteiger partial charge in [-0.2, -0.15) is 0 Å². The van der Waals surface area contributed by atoms with Gasteiger partial charge in [-0.25, -0.2) is 4.39 Å². The summed E-state index contributed by atoms with van der Waals surface area (Å²) >= 11 is 12.7. The minimum absolute atomic E-state index is 0.150. The summed E-state index contributed by atoms with van der Waals surface area (Å²) in [4.78, 5) is 0. The van der Waals surface area contributed by atoms with Gasteiger partial charge in [-0.15, -0.1) is 0 Å². The quantitative estimate of drug-likeness (QED) is 0.611. The topological polar surface area (TPSA) is 0 Å². The molecule has 0 saturated carbocycles. The van der Waals surface area contributed by atoms with Crippen molar-refractivity contribution in [1.82, 2.24) is 0 Å². The third kappa shape index (κ3) is 2.31. The van der Waals surface area contributed by atoms with Gasteiger partial charge in [0.05, 0.1) is 5.02 Å². The van der Waals surface area contributed by atoms with Gasteiger partial charge >= 0.3 is 0 Å². The predicted molar refractivity (Wildman–Crippen MR) is 72.2 cm³/mol. The van der Waals surface area contributed by atoms with Crippen LogP contribution in [0.25, 0.3) is 11.1 Å². The van der Waals surface area contributed by atoms with Crippen molar-refractivity contribution in [2.45, 2.75) is 0 Å². The van der Waals surface area contributed by atoms with Crippen LogP contribution in [0.5, 0.6) is 0 Å². The van der Waals surface area contributed by atoms with E-state index in [4.69, 9.17) is 11.6 Å². The first kappa shape index (κ1) is 12.1. The molecule has 0 radical (unpaired) electrons. The van der Waals surface area contributed by atoms with Gasteiger partial charge in [0.1, 0.15) is 5.82 Å². The van der Waals surface area contributed by atoms with E-state index in [9.17, 15) is 4.39 Å². The van der Waals surface area contributed by atoms with Gasteiger partial charge in [-0.1, -0.05) is 29.8 Å². The minimum atomic E-state index is -0.404. The third-order valence-electron chi connectivity index (χ3n) is 2.18. The van der Waals surface area contributed by atoms with Crippen molar-refractivity contribution in [3.63, 3.8) is 0 Å². The third-order valence-corrected chi connectivity index (χ3v) is 4.45. The van der Waals surface area contributed by atoms with E-state index in [1.165, 1.54) is 6.07 Å². The summed E-state index contributed by atoms with van der Waals surface area (Å²) in [7, 11) is 0. The van der Waals surface area contributed by atoms with Crippen LogP contribution >= 0.6 is 43.5 Å². The van der Waals surface area contributed by atoms with Crippen molar-refractivity contribution in [2.75, 3.05) is 0 Å². The molecule has 2 rings (SSSR count). The fraction of sp³-hybridized carbons (Fsp3) is 0. The van der Waals surface area contributed by atoms with Crippen LogP contribution in [0.1, 0.15) is 0 Å². The Morgan fingerprint density at radius 2 is 1.75 bits per heavy atom. The van der Waals surface area contributed by atoms with Crippen LogP contribution in [-0.2, 0) is 0 Å². The normalized spacial score (nSPS) is 10.5. The summed E-state index contributed by atoms with van der Waals surface area (Å²) in [5.74, 6) is -0.404. The Morgan fingerprint density at radius 3 is 2.44 bits per heavy atom. The highest BCUT2D eigenvalue weighted by Crippen LogP contribution is 2.33. The second-order valence-electron chi connectivity index (χ2n) is 3.23. The van der Waals surface area contributed by atoms with E-state index in [0.717, 1.165) is 14.5 Å². The second kappa shape index (κ2) is 4.86. The number of halogens is 4. The largest absolute Gasteiger partial charge is 0.205 e. The molecule has 0 bridgehead atoms. The van der Waals surface area contributed by atoms with E-state index < -0.39 is 5.82 Å². The molecule has 2 aromatic carbocycles. The van der Waals surface area contributed by atoms with E-state index in [1.807, 2.05) is 18.2 Å². The lowest BCUT2D eigenvalue weighted by Crippen LogP contribution is -1.84. The smallest absolute Gasteiger partial charge is 0.142 e. The standard InChI is InChI=1S/C12H6Br2ClF/c13-9-5-4-7(6-10(9)14)8-2-1-3-11(16)12(8)15/h1-6H. The zero-order valence-electron chi connectivity index (χ0n) is 7.98. The minimum Gasteiger partial charge on any atom is -0.205 e. The molecule has 0 aliphatic rings. The maximum Gasteiger partial charge on any atom is 0.142 e. The Hall–Kier alpha value is -0.380. The van der Waals surface area contributed by atoms with Crippen LogP contribution in [0.3, 0.4) is 0 Å². The zero-order chi connectivity index (χ0) is 11.7. The molecule has 0 N–H and O–H groups in total. The Bertz CT molecular complexity index is 541. The molecule has 0 atom stereocenters. The summed E-state index contributed by atoms with van der Waals surface area (Å²) in [6.45, 7) is 0. The summed E-state index contributed by atoms with van der Waals surface area (Å²) in [5.41, 5.74) is 1.56. The summed E-state index contributed by atoms with van der Waals surface area (Å²) < 4.78 is 15.1. The average Bonchev–Trinajstić information content (AvgIpc) is 2.26. The fourth-order valence-electron chi connectivity index (χ4n) is 1.39. The van der Waals surface area contributed by atoms with Crippen LogP contribution < -0.4 is 0 Å². The van der Waals surface area contributed by atoms with Crippen LogP contribution in [0.4, 0.5) is 4.39 Å². The summed E-state index contributed by atoms with van der Waals surface area (Å²) in [6.07, 6.45) is 0. The molecule has 0 aliphatic heterocycles. The van der Waals surface area contributed by atoms with Crippen molar-refractivity contribution < 1.29 is 4.39 Å². The molecular weight excluding hydrogens is 358 g/mol. The van der Waals surface area contributed by atoms with Crippen LogP contribution in [-0.4, -0.2) is 0 Å². The van der Waals surface area contributed by atoms with Crippen molar-refractivity contribution in [3.05, 3.63) is 56.2 Å². The summed E-state index contributed by atoms with van der Waals surface area (Å²) in [6, 6.07) is 10.5. The molecule has 2 aromatic rings. The molecule has 0 unspecified atom stereocenters. The Labute approximate surface area is 115 Å². The van der Waals surface area contributed by atoms with Crippen molar-refractivity contribution in [1.29, 1.82) is 0 Å². The lowest BCUT2D eigenvalue weighted by Gasteiger charge is -2.06. The molecule has 0 spiro atoms. The fourth-order valence-corrected chi connectivity index (χ4v) is 2.25. The van der Waals surface area contributed by atoms with E-state index in [-0.39, 0.29) is 5.02 Å². The predicted octanol–water partition coefficient (Wildman–Crippen LogP) is 5.67. The Balaban J connectivity index is 2.59.